The number of hydrogen-bond donors (Lipinski definition) is 0. The fraction of sp³-hybridized carbons (Fsp3) is 0.600. The fourth-order valence-corrected chi connectivity index (χ4v) is 1.19. The summed E-state index contributed by atoms with van der Waals surface area (Å²) in [6.45, 7) is 0. The number of thioether (sulfide) groups is 1. The first-order valence-electron chi connectivity index (χ1n) is 2.45. The normalized spacial score (nSPS) is 35.1. The molecule has 42 valence electrons. The molecule has 0 aromatic heterocycles. The maximum Gasteiger partial charge on any atom is 0.141 e. The average Bonchev–Trinajstić information content (AvgIpc) is 2.14. The Hall–Kier alpha value is -0.0451. The van der Waals surface area contributed by atoms with Crippen LogP contribution in [0.5, 0.6) is 0 Å². The maximum atomic E-state index is 5.56. The van der Waals surface area contributed by atoms with E-state index < -0.39 is 0 Å². The molecule has 0 spiro atoms. The standard InChI is InChI=1S/C5H7BOS/c1-8-5-4(6)2-3-7-5/h2-5H,1H3. The topological polar surface area (TPSA) is 9.23 Å². The molecule has 2 atom stereocenters. The van der Waals surface area contributed by atoms with Crippen LogP contribution in [-0.2, 0) is 4.74 Å². The minimum absolute atomic E-state index is 0.0880. The Morgan fingerprint density at radius 3 is 2.75 bits per heavy atom. The smallest absolute Gasteiger partial charge is 0.141 e. The molecule has 0 N–H and O–H groups in total. The van der Waals surface area contributed by atoms with E-state index in [1.165, 1.54) is 0 Å². The summed E-state index contributed by atoms with van der Waals surface area (Å²) in [5.74, 6) is 0.0880. The highest BCUT2D eigenvalue weighted by Gasteiger charge is 2.17. The summed E-state index contributed by atoms with van der Waals surface area (Å²) in [6.07, 6.45) is 5.50. The first kappa shape index (κ1) is 6.08. The van der Waals surface area contributed by atoms with Gasteiger partial charge in [0.05, 0.1) is 14.1 Å². The van der Waals surface area contributed by atoms with Crippen molar-refractivity contribution in [2.45, 2.75) is 11.3 Å². The molecule has 0 amide bonds. The molecule has 0 fully saturated rings. The lowest BCUT2D eigenvalue weighted by molar-refractivity contribution is 0.251. The van der Waals surface area contributed by atoms with Crippen LogP contribution in [0.2, 0.25) is 5.82 Å². The van der Waals surface area contributed by atoms with Crippen molar-refractivity contribution in [1.82, 2.24) is 0 Å². The summed E-state index contributed by atoms with van der Waals surface area (Å²) in [7, 11) is 5.56. The lowest BCUT2D eigenvalue weighted by Gasteiger charge is -2.10. The molecule has 0 aromatic carbocycles. The summed E-state index contributed by atoms with van der Waals surface area (Å²) in [5.41, 5.74) is 0.148. The second-order valence-corrected chi connectivity index (χ2v) is 2.58. The molecule has 2 radical (unpaired) electrons. The van der Waals surface area contributed by atoms with Crippen LogP contribution >= 0.6 is 11.8 Å². The van der Waals surface area contributed by atoms with Crippen molar-refractivity contribution < 1.29 is 4.74 Å². The SMILES string of the molecule is [B]C1C=COC1SC. The van der Waals surface area contributed by atoms with Crippen molar-refractivity contribution in [3.8, 4) is 0 Å². The zero-order chi connectivity index (χ0) is 5.98. The van der Waals surface area contributed by atoms with Gasteiger partial charge in [-0.25, -0.2) is 0 Å². The summed E-state index contributed by atoms with van der Waals surface area (Å²) < 4.78 is 5.07. The minimum Gasteiger partial charge on any atom is -0.488 e. The molecule has 0 saturated heterocycles. The Kier molecular flexibility index (Phi) is 1.89. The lowest BCUT2D eigenvalue weighted by atomic mass is 9.89. The monoisotopic (exact) mass is 126 g/mol. The molecule has 2 unspecified atom stereocenters. The van der Waals surface area contributed by atoms with Gasteiger partial charge < -0.3 is 4.74 Å². The van der Waals surface area contributed by atoms with Gasteiger partial charge in [-0.05, 0) is 12.1 Å². The van der Waals surface area contributed by atoms with Crippen molar-refractivity contribution >= 4 is 19.6 Å². The predicted molar refractivity (Wildman–Crippen MR) is 37.0 cm³/mol. The molecule has 1 aliphatic rings. The van der Waals surface area contributed by atoms with Crippen LogP contribution in [-0.4, -0.2) is 19.5 Å². The molecular weight excluding hydrogens is 119 g/mol. The molecule has 1 aliphatic heterocycles. The van der Waals surface area contributed by atoms with Crippen LogP contribution in [0.1, 0.15) is 0 Å². The minimum atomic E-state index is 0.0880. The van der Waals surface area contributed by atoms with Gasteiger partial charge in [0.15, 0.2) is 0 Å². The van der Waals surface area contributed by atoms with E-state index in [0.29, 0.717) is 0 Å². The van der Waals surface area contributed by atoms with E-state index in [0.717, 1.165) is 0 Å². The zero-order valence-electron chi connectivity index (χ0n) is 4.70. The van der Waals surface area contributed by atoms with Crippen LogP contribution in [0.3, 0.4) is 0 Å². The molecule has 8 heavy (non-hydrogen) atoms. The van der Waals surface area contributed by atoms with Crippen LogP contribution in [0.4, 0.5) is 0 Å². The van der Waals surface area contributed by atoms with E-state index in [2.05, 4.69) is 0 Å². The Bertz CT molecular complexity index is 105. The van der Waals surface area contributed by atoms with Crippen LogP contribution in [0.15, 0.2) is 12.3 Å². The average molecular weight is 126 g/mol. The van der Waals surface area contributed by atoms with E-state index in [1.54, 1.807) is 18.0 Å². The number of hydrogen-bond acceptors (Lipinski definition) is 2. The molecular formula is C5H7BOS. The molecule has 0 aliphatic carbocycles. The Labute approximate surface area is 54.9 Å². The van der Waals surface area contributed by atoms with E-state index in [1.807, 2.05) is 12.3 Å². The molecule has 3 heteroatoms. The first-order valence-corrected chi connectivity index (χ1v) is 3.74. The molecule has 1 rings (SSSR count). The predicted octanol–water partition coefficient (Wildman–Crippen LogP) is 1.18. The van der Waals surface area contributed by atoms with Crippen molar-refractivity contribution in [3.63, 3.8) is 0 Å². The molecule has 0 saturated carbocycles. The zero-order valence-corrected chi connectivity index (χ0v) is 5.52. The van der Waals surface area contributed by atoms with Gasteiger partial charge in [0.2, 0.25) is 0 Å². The Morgan fingerprint density at radius 1 is 1.75 bits per heavy atom. The van der Waals surface area contributed by atoms with Crippen LogP contribution in [0, 0.1) is 0 Å². The Morgan fingerprint density at radius 2 is 2.50 bits per heavy atom. The highest BCUT2D eigenvalue weighted by Crippen LogP contribution is 2.27. The third-order valence-corrected chi connectivity index (χ3v) is 1.95. The third kappa shape index (κ3) is 1.02. The quantitative estimate of drug-likeness (QED) is 0.488. The highest BCUT2D eigenvalue weighted by molar-refractivity contribution is 7.99. The second-order valence-electron chi connectivity index (χ2n) is 1.65. The molecule has 0 bridgehead atoms. The molecule has 0 aromatic rings. The third-order valence-electron chi connectivity index (χ3n) is 1.06. The van der Waals surface area contributed by atoms with Gasteiger partial charge in [0.25, 0.3) is 0 Å². The van der Waals surface area contributed by atoms with E-state index in [9.17, 15) is 0 Å². The van der Waals surface area contributed by atoms with Crippen LogP contribution < -0.4 is 0 Å². The summed E-state index contributed by atoms with van der Waals surface area (Å²) in [4.78, 5) is 0. The lowest BCUT2D eigenvalue weighted by Crippen LogP contribution is -2.05. The summed E-state index contributed by atoms with van der Waals surface area (Å²) in [6, 6.07) is 0. The van der Waals surface area contributed by atoms with Gasteiger partial charge in [-0.2, -0.15) is 0 Å². The largest absolute Gasteiger partial charge is 0.488 e. The van der Waals surface area contributed by atoms with Crippen molar-refractivity contribution in [2.24, 2.45) is 0 Å². The van der Waals surface area contributed by atoms with Gasteiger partial charge in [-0.1, -0.05) is 6.08 Å². The van der Waals surface area contributed by atoms with Gasteiger partial charge in [-0.3, -0.25) is 0 Å². The fourth-order valence-electron chi connectivity index (χ4n) is 0.608. The van der Waals surface area contributed by atoms with Crippen LogP contribution in [0.25, 0.3) is 0 Å². The van der Waals surface area contributed by atoms with Gasteiger partial charge in [-0.15, -0.1) is 11.8 Å². The highest BCUT2D eigenvalue weighted by atomic mass is 32.2. The van der Waals surface area contributed by atoms with E-state index in [4.69, 9.17) is 12.6 Å². The second kappa shape index (κ2) is 2.49. The summed E-state index contributed by atoms with van der Waals surface area (Å²) in [5, 5.41) is 0. The number of rotatable bonds is 1. The van der Waals surface area contributed by atoms with Crippen molar-refractivity contribution in [3.05, 3.63) is 12.3 Å². The Balaban J connectivity index is 2.38. The summed E-state index contributed by atoms with van der Waals surface area (Å²) >= 11 is 1.63. The molecule has 1 nitrogen and oxygen atoms in total. The van der Waals surface area contributed by atoms with Crippen molar-refractivity contribution in [1.29, 1.82) is 0 Å². The van der Waals surface area contributed by atoms with Gasteiger partial charge in [0, 0.05) is 0 Å². The van der Waals surface area contributed by atoms with Gasteiger partial charge in [0.1, 0.15) is 5.44 Å². The molecule has 1 heterocycles. The van der Waals surface area contributed by atoms with E-state index >= 15 is 0 Å². The van der Waals surface area contributed by atoms with Gasteiger partial charge >= 0.3 is 0 Å². The van der Waals surface area contributed by atoms with Crippen molar-refractivity contribution in [2.75, 3.05) is 6.26 Å². The van der Waals surface area contributed by atoms with E-state index in [-0.39, 0.29) is 11.3 Å². The maximum absolute atomic E-state index is 5.56. The first-order chi connectivity index (χ1) is 3.84. The number of ether oxygens (including phenoxy) is 1.